The van der Waals surface area contributed by atoms with Gasteiger partial charge in [-0.15, -0.1) is 0 Å². The number of halogens is 1. The molecule has 196 valence electrons. The molecule has 1 aromatic carbocycles. The van der Waals surface area contributed by atoms with E-state index in [0.717, 1.165) is 38.0 Å². The summed E-state index contributed by atoms with van der Waals surface area (Å²) in [6.45, 7) is 4.68. The molecule has 5 atom stereocenters. The summed E-state index contributed by atoms with van der Waals surface area (Å²) < 4.78 is 0. The monoisotopic (exact) mass is 521 g/mol. The second kappa shape index (κ2) is 10.2. The average Bonchev–Trinajstić information content (AvgIpc) is 3.43. The highest BCUT2D eigenvalue weighted by molar-refractivity contribution is 6.32. The molecule has 3 aliphatic carbocycles. The lowest BCUT2D eigenvalue weighted by atomic mass is 9.88. The maximum Gasteiger partial charge on any atom is 0.229 e. The Balaban J connectivity index is 1.14. The van der Waals surface area contributed by atoms with Crippen LogP contribution in [0.1, 0.15) is 30.4 Å². The number of hydrogen-bond donors (Lipinski definition) is 3. The quantitative estimate of drug-likeness (QED) is 0.395. The highest BCUT2D eigenvalue weighted by atomic mass is 35.5. The van der Waals surface area contributed by atoms with Gasteiger partial charge in [-0.1, -0.05) is 29.8 Å². The van der Waals surface area contributed by atoms with Gasteiger partial charge in [0, 0.05) is 44.0 Å². The summed E-state index contributed by atoms with van der Waals surface area (Å²) >= 11 is 6.45. The van der Waals surface area contributed by atoms with Crippen LogP contribution >= 0.6 is 11.6 Å². The van der Waals surface area contributed by atoms with Gasteiger partial charge in [-0.25, -0.2) is 4.98 Å². The molecule has 1 unspecified atom stereocenters. The molecule has 8 nitrogen and oxygen atoms in total. The van der Waals surface area contributed by atoms with E-state index in [1.54, 1.807) is 6.20 Å². The van der Waals surface area contributed by atoms with Gasteiger partial charge in [-0.05, 0) is 74.2 Å². The van der Waals surface area contributed by atoms with Crippen LogP contribution in [0.2, 0.25) is 5.02 Å². The number of nitrogens with one attached hydrogen (secondary N) is 2. The van der Waals surface area contributed by atoms with Gasteiger partial charge >= 0.3 is 0 Å². The minimum atomic E-state index is -0.280. The van der Waals surface area contributed by atoms with Crippen LogP contribution in [0.3, 0.4) is 0 Å². The Kier molecular flexibility index (Phi) is 6.82. The Morgan fingerprint density at radius 1 is 1.08 bits per heavy atom. The molecule has 37 heavy (non-hydrogen) atoms. The number of hydrogen-bond acceptors (Lipinski definition) is 7. The first kappa shape index (κ1) is 24.6. The van der Waals surface area contributed by atoms with Crippen molar-refractivity contribution < 1.29 is 4.79 Å². The molecular weight excluding hydrogens is 486 g/mol. The molecule has 1 amide bonds. The number of nitrogens with zero attached hydrogens (tertiary/aromatic N) is 4. The van der Waals surface area contributed by atoms with Gasteiger partial charge in [0.2, 0.25) is 11.9 Å². The van der Waals surface area contributed by atoms with Crippen LogP contribution in [0.5, 0.6) is 0 Å². The van der Waals surface area contributed by atoms with Crippen molar-refractivity contribution in [3.63, 3.8) is 0 Å². The summed E-state index contributed by atoms with van der Waals surface area (Å²) in [5, 5.41) is 7.21. The number of aryl methyl sites for hydroxylation is 2. The van der Waals surface area contributed by atoms with Crippen LogP contribution in [0.25, 0.3) is 0 Å². The number of nitrogens with two attached hydrogens (primary N) is 1. The fourth-order valence-electron chi connectivity index (χ4n) is 6.74. The number of allylic oxidation sites excluding steroid dienone is 1. The van der Waals surface area contributed by atoms with E-state index in [2.05, 4.69) is 67.8 Å². The molecule has 2 bridgehead atoms. The number of carbonyl (C=O) groups is 1. The van der Waals surface area contributed by atoms with Crippen molar-refractivity contribution in [2.45, 2.75) is 44.2 Å². The predicted molar refractivity (Wildman–Crippen MR) is 147 cm³/mol. The minimum Gasteiger partial charge on any atom is -0.369 e. The molecule has 2 aromatic rings. The van der Waals surface area contributed by atoms with Crippen LogP contribution in [-0.4, -0.2) is 71.0 Å². The third-order valence-electron chi connectivity index (χ3n) is 8.85. The van der Waals surface area contributed by atoms with Gasteiger partial charge in [-0.2, -0.15) is 4.98 Å². The van der Waals surface area contributed by atoms with E-state index in [9.17, 15) is 4.79 Å². The van der Waals surface area contributed by atoms with E-state index < -0.39 is 0 Å². The molecular formula is C28H36ClN7O. The number of piperazine rings is 1. The second-order valence-electron chi connectivity index (χ2n) is 11.1. The maximum atomic E-state index is 12.1. The molecule has 1 aromatic heterocycles. The van der Waals surface area contributed by atoms with Crippen LogP contribution in [0.15, 0.2) is 36.5 Å². The Morgan fingerprint density at radius 2 is 1.84 bits per heavy atom. The fourth-order valence-corrected chi connectivity index (χ4v) is 6.89. The van der Waals surface area contributed by atoms with Crippen molar-refractivity contribution in [2.75, 3.05) is 43.9 Å². The van der Waals surface area contributed by atoms with Crippen molar-refractivity contribution in [1.82, 2.24) is 19.8 Å². The summed E-state index contributed by atoms with van der Waals surface area (Å²) in [6.07, 6.45) is 11.4. The SMILES string of the molecule is CN1CCN(C2CCc3ccc(Nc4ncc(Cl)c(N[C@H]5[C@@H](C(N)=O)[C@@H]6C=C[C@H]5C6)n4)cc3CC2)CC1. The van der Waals surface area contributed by atoms with E-state index >= 15 is 0 Å². The van der Waals surface area contributed by atoms with Gasteiger partial charge < -0.3 is 21.3 Å². The first-order valence-electron chi connectivity index (χ1n) is 13.5. The molecule has 6 rings (SSSR count). The van der Waals surface area contributed by atoms with E-state index in [1.807, 2.05) is 0 Å². The molecule has 2 fully saturated rings. The summed E-state index contributed by atoms with van der Waals surface area (Å²) in [7, 11) is 2.21. The van der Waals surface area contributed by atoms with Crippen molar-refractivity contribution in [1.29, 1.82) is 0 Å². The normalized spacial score (nSPS) is 29.6. The molecule has 2 heterocycles. The summed E-state index contributed by atoms with van der Waals surface area (Å²) in [5.74, 6) is 0.915. The topological polar surface area (TPSA) is 99.4 Å². The third kappa shape index (κ3) is 5.07. The molecule has 0 radical (unpaired) electrons. The zero-order chi connectivity index (χ0) is 25.5. The zero-order valence-electron chi connectivity index (χ0n) is 21.4. The fraction of sp³-hybridized carbons (Fsp3) is 0.536. The number of primary amides is 1. The van der Waals surface area contributed by atoms with Crippen molar-refractivity contribution in [3.05, 3.63) is 52.7 Å². The summed E-state index contributed by atoms with van der Waals surface area (Å²) in [6, 6.07) is 7.17. The number of aromatic nitrogens is 2. The van der Waals surface area contributed by atoms with Crippen LogP contribution in [0, 0.1) is 17.8 Å². The van der Waals surface area contributed by atoms with Crippen LogP contribution in [-0.2, 0) is 17.6 Å². The zero-order valence-corrected chi connectivity index (χ0v) is 22.1. The Hall–Kier alpha value is -2.68. The Bertz CT molecular complexity index is 1200. The van der Waals surface area contributed by atoms with Gasteiger partial charge in [0.25, 0.3) is 0 Å². The van der Waals surface area contributed by atoms with Crippen molar-refractivity contribution in [2.24, 2.45) is 23.5 Å². The van der Waals surface area contributed by atoms with Gasteiger partial charge in [0.05, 0.1) is 12.1 Å². The number of amides is 1. The van der Waals surface area contributed by atoms with Crippen molar-refractivity contribution >= 4 is 35.0 Å². The highest BCUT2D eigenvalue weighted by Crippen LogP contribution is 2.45. The Morgan fingerprint density at radius 3 is 2.62 bits per heavy atom. The Labute approximate surface area is 223 Å². The number of fused-ring (bicyclic) bond motifs is 3. The van der Waals surface area contributed by atoms with Crippen LogP contribution < -0.4 is 16.4 Å². The first-order chi connectivity index (χ1) is 17.9. The predicted octanol–water partition coefficient (Wildman–Crippen LogP) is 3.46. The number of rotatable bonds is 6. The average molecular weight is 522 g/mol. The van der Waals surface area contributed by atoms with E-state index in [0.29, 0.717) is 22.8 Å². The summed E-state index contributed by atoms with van der Waals surface area (Å²) in [5.41, 5.74) is 9.56. The van der Waals surface area contributed by atoms with E-state index in [1.165, 1.54) is 37.1 Å². The van der Waals surface area contributed by atoms with E-state index in [4.69, 9.17) is 17.3 Å². The lowest BCUT2D eigenvalue weighted by molar-refractivity contribution is -0.122. The lowest BCUT2D eigenvalue weighted by Crippen LogP contribution is -2.49. The minimum absolute atomic E-state index is 0.103. The van der Waals surface area contributed by atoms with E-state index in [-0.39, 0.29) is 29.7 Å². The van der Waals surface area contributed by atoms with Gasteiger partial charge in [-0.3, -0.25) is 9.69 Å². The first-order valence-corrected chi connectivity index (χ1v) is 13.9. The number of carbonyl (C=O) groups excluding carboxylic acids is 1. The standard InChI is InChI=1S/C28H36ClN7O/c1-35-10-12-36(13-11-35)22-8-5-17-4-7-21(15-18(17)6-9-22)32-28-31-16-23(29)27(34-28)33-25-20-3-2-19(14-20)24(25)26(30)37/h2-4,7,15-16,19-20,22,24-25H,5-6,8-14H2,1H3,(H2,30,37)(H2,31,32,33,34)/t19-,20+,22?,24+,25-/m1/s1. The van der Waals surface area contributed by atoms with Gasteiger partial charge in [0.1, 0.15) is 5.02 Å². The highest BCUT2D eigenvalue weighted by Gasteiger charge is 2.47. The summed E-state index contributed by atoms with van der Waals surface area (Å²) in [4.78, 5) is 26.3. The molecule has 0 spiro atoms. The third-order valence-corrected chi connectivity index (χ3v) is 9.12. The molecule has 1 saturated heterocycles. The van der Waals surface area contributed by atoms with Gasteiger partial charge in [0.15, 0.2) is 5.82 Å². The number of anilines is 3. The lowest BCUT2D eigenvalue weighted by Gasteiger charge is -2.37. The maximum absolute atomic E-state index is 12.1. The molecule has 1 aliphatic heterocycles. The second-order valence-corrected chi connectivity index (χ2v) is 11.5. The number of likely N-dealkylation sites (N-methyl/N-ethyl adjacent to an activating group) is 1. The number of benzene rings is 1. The molecule has 1 saturated carbocycles. The largest absolute Gasteiger partial charge is 0.369 e. The molecule has 9 heteroatoms. The smallest absolute Gasteiger partial charge is 0.229 e. The molecule has 4 N–H and O–H groups in total. The van der Waals surface area contributed by atoms with Crippen molar-refractivity contribution in [3.8, 4) is 0 Å². The van der Waals surface area contributed by atoms with Crippen LogP contribution in [0.4, 0.5) is 17.5 Å². The molecule has 4 aliphatic rings.